The molecule has 1 fully saturated rings. The second-order valence-electron chi connectivity index (χ2n) is 4.88. The van der Waals surface area contributed by atoms with Crippen molar-refractivity contribution in [2.75, 3.05) is 0 Å². The van der Waals surface area contributed by atoms with Gasteiger partial charge >= 0.3 is 6.18 Å². The number of alkyl halides is 4. The molecular formula is C14H16ClF3O. The third-order valence-electron chi connectivity index (χ3n) is 3.31. The number of halogens is 4. The lowest BCUT2D eigenvalue weighted by Gasteiger charge is -2.34. The van der Waals surface area contributed by atoms with Crippen LogP contribution in [0, 0.1) is 0 Å². The van der Waals surface area contributed by atoms with Gasteiger partial charge in [0.25, 0.3) is 0 Å². The number of hydrogen-bond acceptors (Lipinski definition) is 1. The van der Waals surface area contributed by atoms with Crippen molar-refractivity contribution >= 4 is 11.6 Å². The summed E-state index contributed by atoms with van der Waals surface area (Å²) < 4.78 is 43.1. The lowest BCUT2D eigenvalue weighted by Crippen LogP contribution is -2.42. The molecule has 19 heavy (non-hydrogen) atoms. The van der Waals surface area contributed by atoms with Crippen molar-refractivity contribution in [3.05, 3.63) is 35.9 Å². The molecule has 0 saturated carbocycles. The van der Waals surface area contributed by atoms with Crippen LogP contribution in [0.25, 0.3) is 0 Å². The minimum absolute atomic E-state index is 0.146. The van der Waals surface area contributed by atoms with Crippen LogP contribution in [0.1, 0.15) is 24.8 Å². The Kier molecular flexibility index (Phi) is 4.74. The summed E-state index contributed by atoms with van der Waals surface area (Å²) in [6.45, 7) is 0. The number of aryl methyl sites for hydroxylation is 1. The van der Waals surface area contributed by atoms with Gasteiger partial charge in [-0.25, -0.2) is 0 Å². The maximum absolute atomic E-state index is 12.7. The molecule has 1 nitrogen and oxygen atoms in total. The van der Waals surface area contributed by atoms with Crippen LogP contribution in [0.15, 0.2) is 30.3 Å². The smallest absolute Gasteiger partial charge is 0.365 e. The highest BCUT2D eigenvalue weighted by Crippen LogP contribution is 2.35. The monoisotopic (exact) mass is 292 g/mol. The van der Waals surface area contributed by atoms with E-state index in [-0.39, 0.29) is 6.42 Å². The van der Waals surface area contributed by atoms with E-state index in [1.165, 1.54) is 0 Å². The minimum atomic E-state index is -4.32. The topological polar surface area (TPSA) is 9.23 Å². The average molecular weight is 293 g/mol. The highest BCUT2D eigenvalue weighted by atomic mass is 35.5. The second-order valence-corrected chi connectivity index (χ2v) is 5.50. The fourth-order valence-corrected chi connectivity index (χ4v) is 2.69. The van der Waals surface area contributed by atoms with Crippen molar-refractivity contribution in [2.45, 2.75) is 49.4 Å². The van der Waals surface area contributed by atoms with E-state index in [1.54, 1.807) is 0 Å². The Labute approximate surface area is 115 Å². The van der Waals surface area contributed by atoms with Crippen LogP contribution in [0.5, 0.6) is 0 Å². The Bertz CT molecular complexity index is 393. The Balaban J connectivity index is 1.89. The van der Waals surface area contributed by atoms with Crippen molar-refractivity contribution < 1.29 is 17.9 Å². The largest absolute Gasteiger partial charge is 0.414 e. The fraction of sp³-hybridized carbons (Fsp3) is 0.571. The summed E-state index contributed by atoms with van der Waals surface area (Å²) in [7, 11) is 0. The Morgan fingerprint density at radius 3 is 2.47 bits per heavy atom. The molecule has 1 saturated heterocycles. The molecule has 5 heteroatoms. The molecule has 1 aliphatic heterocycles. The summed E-state index contributed by atoms with van der Waals surface area (Å²) in [6, 6.07) is 9.67. The Hall–Kier alpha value is -0.740. The first-order valence-electron chi connectivity index (χ1n) is 6.35. The van der Waals surface area contributed by atoms with Gasteiger partial charge in [0.2, 0.25) is 0 Å². The predicted octanol–water partition coefficient (Wildman–Crippen LogP) is 4.34. The maximum Gasteiger partial charge on any atom is 0.414 e. The first kappa shape index (κ1) is 14.7. The standard InChI is InChI=1S/C14H16ClF3O/c15-11-8-12(19-13(9-11)14(16,17)18)7-6-10-4-2-1-3-5-10/h1-5,11-13H,6-9H2/t11?,12-,13-/m0/s1. The third kappa shape index (κ3) is 4.39. The summed E-state index contributed by atoms with van der Waals surface area (Å²) in [5, 5.41) is -0.457. The fourth-order valence-electron chi connectivity index (χ4n) is 2.33. The number of benzene rings is 1. The number of hydrogen-bond donors (Lipinski definition) is 0. The first-order chi connectivity index (χ1) is 8.95. The lowest BCUT2D eigenvalue weighted by atomic mass is 9.98. The molecule has 1 aliphatic rings. The van der Waals surface area contributed by atoms with E-state index in [1.807, 2.05) is 30.3 Å². The van der Waals surface area contributed by atoms with Crippen LogP contribution < -0.4 is 0 Å². The summed E-state index contributed by atoms with van der Waals surface area (Å²) >= 11 is 5.91. The SMILES string of the molecule is FC(F)(F)[C@@H]1CC(Cl)C[C@H](CCc2ccccc2)O1. The molecule has 0 aromatic heterocycles. The summed E-state index contributed by atoms with van der Waals surface area (Å²) in [6.07, 6.45) is -4.83. The molecule has 0 spiro atoms. The first-order valence-corrected chi connectivity index (χ1v) is 6.79. The van der Waals surface area contributed by atoms with Gasteiger partial charge in [0, 0.05) is 5.38 Å². The van der Waals surface area contributed by atoms with E-state index in [4.69, 9.17) is 16.3 Å². The van der Waals surface area contributed by atoms with Gasteiger partial charge in [-0.2, -0.15) is 13.2 Å². The third-order valence-corrected chi connectivity index (χ3v) is 3.66. The zero-order valence-electron chi connectivity index (χ0n) is 10.4. The average Bonchev–Trinajstić information content (AvgIpc) is 2.36. The molecule has 0 N–H and O–H groups in total. The molecule has 1 aromatic rings. The zero-order valence-corrected chi connectivity index (χ0v) is 11.1. The number of ether oxygens (including phenoxy) is 1. The van der Waals surface area contributed by atoms with Crippen LogP contribution >= 0.6 is 11.6 Å². The van der Waals surface area contributed by atoms with Gasteiger partial charge in [-0.15, -0.1) is 11.6 Å². The quantitative estimate of drug-likeness (QED) is 0.753. The van der Waals surface area contributed by atoms with Crippen LogP contribution in [0.3, 0.4) is 0 Å². The summed E-state index contributed by atoms with van der Waals surface area (Å²) in [4.78, 5) is 0. The molecule has 1 unspecified atom stereocenters. The van der Waals surface area contributed by atoms with Crippen molar-refractivity contribution in [3.8, 4) is 0 Å². The predicted molar refractivity (Wildman–Crippen MR) is 68.4 cm³/mol. The highest BCUT2D eigenvalue weighted by Gasteiger charge is 2.45. The van der Waals surface area contributed by atoms with Crippen LogP contribution in [-0.4, -0.2) is 23.8 Å². The van der Waals surface area contributed by atoms with Gasteiger partial charge in [-0.3, -0.25) is 0 Å². The van der Waals surface area contributed by atoms with Crippen LogP contribution in [0.2, 0.25) is 0 Å². The van der Waals surface area contributed by atoms with Gasteiger partial charge in [0.05, 0.1) is 6.10 Å². The molecule has 1 heterocycles. The van der Waals surface area contributed by atoms with Crippen molar-refractivity contribution in [3.63, 3.8) is 0 Å². The molecule has 1 aromatic carbocycles. The lowest BCUT2D eigenvalue weighted by molar-refractivity contribution is -0.245. The van der Waals surface area contributed by atoms with E-state index in [0.717, 1.165) is 5.56 Å². The van der Waals surface area contributed by atoms with Gasteiger partial charge in [0.15, 0.2) is 6.10 Å². The van der Waals surface area contributed by atoms with Gasteiger partial charge in [-0.1, -0.05) is 30.3 Å². The minimum Gasteiger partial charge on any atom is -0.365 e. The molecular weight excluding hydrogens is 277 g/mol. The van der Waals surface area contributed by atoms with E-state index in [2.05, 4.69) is 0 Å². The van der Waals surface area contributed by atoms with Crippen molar-refractivity contribution in [1.29, 1.82) is 0 Å². The van der Waals surface area contributed by atoms with Gasteiger partial charge in [0.1, 0.15) is 0 Å². The van der Waals surface area contributed by atoms with Crippen LogP contribution in [-0.2, 0) is 11.2 Å². The van der Waals surface area contributed by atoms with E-state index >= 15 is 0 Å². The normalized spacial score (nSPS) is 28.3. The molecule has 0 radical (unpaired) electrons. The van der Waals surface area contributed by atoms with Crippen molar-refractivity contribution in [2.24, 2.45) is 0 Å². The van der Waals surface area contributed by atoms with Crippen LogP contribution in [0.4, 0.5) is 13.2 Å². The second kappa shape index (κ2) is 6.14. The van der Waals surface area contributed by atoms with Gasteiger partial charge < -0.3 is 4.74 Å². The molecule has 3 atom stereocenters. The van der Waals surface area contributed by atoms with Gasteiger partial charge in [-0.05, 0) is 31.2 Å². The molecule has 0 aliphatic carbocycles. The number of rotatable bonds is 3. The molecule has 0 amide bonds. The maximum atomic E-state index is 12.7. The summed E-state index contributed by atoms with van der Waals surface area (Å²) in [5.74, 6) is 0. The zero-order chi connectivity index (χ0) is 13.9. The molecule has 0 bridgehead atoms. The molecule has 2 rings (SSSR count). The Morgan fingerprint density at radius 1 is 1.16 bits per heavy atom. The summed E-state index contributed by atoms with van der Waals surface area (Å²) in [5.41, 5.74) is 1.10. The van der Waals surface area contributed by atoms with Crippen molar-refractivity contribution in [1.82, 2.24) is 0 Å². The van der Waals surface area contributed by atoms with E-state index in [0.29, 0.717) is 19.3 Å². The molecule has 106 valence electrons. The Morgan fingerprint density at radius 2 is 1.84 bits per heavy atom. The van der Waals surface area contributed by atoms with E-state index in [9.17, 15) is 13.2 Å². The highest BCUT2D eigenvalue weighted by molar-refractivity contribution is 6.20. The van der Waals surface area contributed by atoms with E-state index < -0.39 is 23.8 Å².